The standard InChI is InChI=1S/C24H37N3O4S/c1-17-14-25-22(30)27-24(17,19-8-6-4-5-7-9-19)32-15-21(29)26-23(2,16-28)18-10-12-20(31-3)13-11-18/h10-13,17,19,28H,4-9,14-16H2,1-3H3,(H,26,29)(H2,25,27,30)/t17?,23-,24?/m0/s1. The summed E-state index contributed by atoms with van der Waals surface area (Å²) in [5.41, 5.74) is -0.0938. The Morgan fingerprint density at radius 1 is 1.25 bits per heavy atom. The van der Waals surface area contributed by atoms with Gasteiger partial charge in [0.1, 0.15) is 5.75 Å². The number of nitrogens with one attached hydrogen (secondary N) is 3. The van der Waals surface area contributed by atoms with Gasteiger partial charge in [-0.05, 0) is 43.4 Å². The summed E-state index contributed by atoms with van der Waals surface area (Å²) >= 11 is 1.55. The fraction of sp³-hybridized carbons (Fsp3) is 0.667. The zero-order valence-electron chi connectivity index (χ0n) is 19.4. The molecule has 3 amide bonds. The van der Waals surface area contributed by atoms with Gasteiger partial charge in [0.2, 0.25) is 5.91 Å². The zero-order valence-corrected chi connectivity index (χ0v) is 20.2. The summed E-state index contributed by atoms with van der Waals surface area (Å²) in [5, 5.41) is 19.2. The molecule has 0 bridgehead atoms. The predicted molar refractivity (Wildman–Crippen MR) is 128 cm³/mol. The number of benzene rings is 1. The number of urea groups is 1. The van der Waals surface area contributed by atoms with Crippen LogP contribution in [0.15, 0.2) is 24.3 Å². The molecule has 1 aromatic rings. The lowest BCUT2D eigenvalue weighted by atomic mass is 9.82. The molecule has 1 aliphatic carbocycles. The Labute approximate surface area is 195 Å². The molecule has 1 saturated carbocycles. The molecule has 32 heavy (non-hydrogen) atoms. The van der Waals surface area contributed by atoms with Gasteiger partial charge >= 0.3 is 6.03 Å². The van der Waals surface area contributed by atoms with E-state index >= 15 is 0 Å². The highest BCUT2D eigenvalue weighted by atomic mass is 32.2. The van der Waals surface area contributed by atoms with E-state index in [2.05, 4.69) is 22.9 Å². The van der Waals surface area contributed by atoms with Gasteiger partial charge in [0, 0.05) is 12.5 Å². The van der Waals surface area contributed by atoms with Gasteiger partial charge in [0.25, 0.3) is 0 Å². The number of amides is 3. The molecule has 1 heterocycles. The highest BCUT2D eigenvalue weighted by molar-refractivity contribution is 8.01. The first-order chi connectivity index (χ1) is 15.3. The Balaban J connectivity index is 1.73. The average molecular weight is 464 g/mol. The number of hydrogen-bond acceptors (Lipinski definition) is 5. The lowest BCUT2D eigenvalue weighted by molar-refractivity contribution is -0.121. The Morgan fingerprint density at radius 3 is 2.50 bits per heavy atom. The van der Waals surface area contributed by atoms with Crippen molar-refractivity contribution in [1.29, 1.82) is 0 Å². The van der Waals surface area contributed by atoms with Crippen LogP contribution < -0.4 is 20.7 Å². The normalized spacial score (nSPS) is 26.2. The van der Waals surface area contributed by atoms with Crippen molar-refractivity contribution in [2.24, 2.45) is 11.8 Å². The van der Waals surface area contributed by atoms with Crippen molar-refractivity contribution in [1.82, 2.24) is 16.0 Å². The average Bonchev–Trinajstić information content (AvgIpc) is 3.10. The predicted octanol–water partition coefficient (Wildman–Crippen LogP) is 3.37. The van der Waals surface area contributed by atoms with Gasteiger partial charge in [-0.2, -0.15) is 0 Å². The van der Waals surface area contributed by atoms with E-state index in [0.717, 1.165) is 37.0 Å². The molecule has 2 fully saturated rings. The van der Waals surface area contributed by atoms with E-state index in [1.54, 1.807) is 18.9 Å². The maximum absolute atomic E-state index is 13.0. The fourth-order valence-electron chi connectivity index (χ4n) is 4.94. The van der Waals surface area contributed by atoms with Gasteiger partial charge in [-0.1, -0.05) is 44.7 Å². The van der Waals surface area contributed by atoms with Crippen LogP contribution in [0, 0.1) is 11.8 Å². The van der Waals surface area contributed by atoms with Crippen molar-refractivity contribution < 1.29 is 19.4 Å². The van der Waals surface area contributed by atoms with E-state index in [-0.39, 0.29) is 30.2 Å². The molecule has 7 nitrogen and oxygen atoms in total. The number of hydrogen-bond donors (Lipinski definition) is 4. The Bertz CT molecular complexity index is 782. The van der Waals surface area contributed by atoms with E-state index in [9.17, 15) is 14.7 Å². The third-order valence-corrected chi connectivity index (χ3v) is 8.69. The fourth-order valence-corrected chi connectivity index (χ4v) is 6.39. The number of methoxy groups -OCH3 is 1. The Hall–Kier alpha value is -1.93. The van der Waals surface area contributed by atoms with Crippen LogP contribution in [0.25, 0.3) is 0 Å². The summed E-state index contributed by atoms with van der Waals surface area (Å²) in [4.78, 5) is 24.9. The van der Waals surface area contributed by atoms with Gasteiger partial charge in [-0.3, -0.25) is 4.79 Å². The van der Waals surface area contributed by atoms with Crippen molar-refractivity contribution in [2.75, 3.05) is 26.0 Å². The maximum Gasteiger partial charge on any atom is 0.315 e. The molecule has 1 saturated heterocycles. The number of rotatable bonds is 8. The van der Waals surface area contributed by atoms with Crippen molar-refractivity contribution in [2.45, 2.75) is 62.8 Å². The zero-order chi connectivity index (χ0) is 23.2. The van der Waals surface area contributed by atoms with Crippen molar-refractivity contribution in [3.63, 3.8) is 0 Å². The van der Waals surface area contributed by atoms with Crippen LogP contribution in [-0.4, -0.2) is 47.9 Å². The minimum absolute atomic E-state index is 0.154. The Morgan fingerprint density at radius 2 is 1.91 bits per heavy atom. The number of carbonyl (C=O) groups is 2. The molecule has 4 N–H and O–H groups in total. The maximum atomic E-state index is 13.0. The molecule has 0 spiro atoms. The quantitative estimate of drug-likeness (QED) is 0.443. The second kappa shape index (κ2) is 10.8. The van der Waals surface area contributed by atoms with Gasteiger partial charge in [0.15, 0.2) is 0 Å². The number of aliphatic hydroxyl groups is 1. The largest absolute Gasteiger partial charge is 0.497 e. The summed E-state index contributed by atoms with van der Waals surface area (Å²) in [6.07, 6.45) is 6.92. The van der Waals surface area contributed by atoms with Gasteiger partial charge < -0.3 is 25.8 Å². The third kappa shape index (κ3) is 5.52. The van der Waals surface area contributed by atoms with Gasteiger partial charge in [-0.15, -0.1) is 11.8 Å². The van der Waals surface area contributed by atoms with Gasteiger partial charge in [0.05, 0.1) is 29.9 Å². The molecule has 1 aromatic carbocycles. The summed E-state index contributed by atoms with van der Waals surface area (Å²) in [6, 6.07) is 7.18. The van der Waals surface area contributed by atoms with E-state index in [0.29, 0.717) is 12.5 Å². The lowest BCUT2D eigenvalue weighted by Crippen LogP contribution is -2.65. The SMILES string of the molecule is COc1ccc([C@](C)(CO)NC(=O)CSC2(C3CCCCCC3)NC(=O)NCC2C)cc1. The van der Waals surface area contributed by atoms with Crippen LogP contribution in [0.5, 0.6) is 5.75 Å². The number of carbonyl (C=O) groups excluding carboxylic acids is 2. The third-order valence-electron chi connectivity index (χ3n) is 6.97. The Kier molecular flexibility index (Phi) is 8.33. The first-order valence-corrected chi connectivity index (χ1v) is 12.6. The van der Waals surface area contributed by atoms with E-state index in [1.807, 2.05) is 31.2 Å². The van der Waals surface area contributed by atoms with Crippen LogP contribution in [0.3, 0.4) is 0 Å². The van der Waals surface area contributed by atoms with E-state index in [4.69, 9.17) is 4.74 Å². The minimum Gasteiger partial charge on any atom is -0.497 e. The summed E-state index contributed by atoms with van der Waals surface area (Å²) in [7, 11) is 1.60. The van der Waals surface area contributed by atoms with E-state index < -0.39 is 10.4 Å². The molecular formula is C24H37N3O4S. The number of ether oxygens (including phenoxy) is 1. The number of thioether (sulfide) groups is 1. The molecular weight excluding hydrogens is 426 g/mol. The smallest absolute Gasteiger partial charge is 0.315 e. The van der Waals surface area contributed by atoms with Gasteiger partial charge in [-0.25, -0.2) is 4.79 Å². The van der Waals surface area contributed by atoms with Crippen LogP contribution in [0.1, 0.15) is 57.9 Å². The van der Waals surface area contributed by atoms with Crippen molar-refractivity contribution >= 4 is 23.7 Å². The van der Waals surface area contributed by atoms with E-state index in [1.165, 1.54) is 12.8 Å². The van der Waals surface area contributed by atoms with Crippen LogP contribution in [0.2, 0.25) is 0 Å². The topological polar surface area (TPSA) is 99.7 Å². The summed E-state index contributed by atoms with van der Waals surface area (Å²) in [6.45, 7) is 4.35. The van der Waals surface area contributed by atoms with Crippen LogP contribution >= 0.6 is 11.8 Å². The number of aliphatic hydroxyl groups excluding tert-OH is 1. The first-order valence-electron chi connectivity index (χ1n) is 11.6. The summed E-state index contributed by atoms with van der Waals surface area (Å²) < 4.78 is 5.21. The van der Waals surface area contributed by atoms with Crippen LogP contribution in [0.4, 0.5) is 4.79 Å². The molecule has 3 atom stereocenters. The molecule has 2 unspecified atom stereocenters. The van der Waals surface area contributed by atoms with Crippen LogP contribution in [-0.2, 0) is 10.3 Å². The monoisotopic (exact) mass is 463 g/mol. The van der Waals surface area contributed by atoms with Crippen molar-refractivity contribution in [3.05, 3.63) is 29.8 Å². The highest BCUT2D eigenvalue weighted by Gasteiger charge is 2.47. The molecule has 0 radical (unpaired) electrons. The minimum atomic E-state index is -0.900. The molecule has 178 valence electrons. The summed E-state index contributed by atoms with van der Waals surface area (Å²) in [5.74, 6) is 1.32. The molecule has 2 aliphatic rings. The highest BCUT2D eigenvalue weighted by Crippen LogP contribution is 2.45. The van der Waals surface area contributed by atoms with Crippen molar-refractivity contribution in [3.8, 4) is 5.75 Å². The molecule has 0 aromatic heterocycles. The second-order valence-electron chi connectivity index (χ2n) is 9.27. The first kappa shape index (κ1) is 24.7. The second-order valence-corrected chi connectivity index (χ2v) is 10.5. The lowest BCUT2D eigenvalue weighted by Gasteiger charge is -2.48. The molecule has 1 aliphatic heterocycles. The molecule has 3 rings (SSSR count). The molecule has 8 heteroatoms.